The fourth-order valence-corrected chi connectivity index (χ4v) is 2.29. The zero-order chi connectivity index (χ0) is 10.3. The summed E-state index contributed by atoms with van der Waals surface area (Å²) in [7, 11) is 0. The minimum atomic E-state index is -0.0857. The molecule has 0 bridgehead atoms. The van der Waals surface area contributed by atoms with Gasteiger partial charge >= 0.3 is 0 Å². The summed E-state index contributed by atoms with van der Waals surface area (Å²) in [4.78, 5) is 0. The summed E-state index contributed by atoms with van der Waals surface area (Å²) < 4.78 is 0. The predicted molar refractivity (Wildman–Crippen MR) is 59.3 cm³/mol. The number of nitriles is 1. The highest BCUT2D eigenvalue weighted by atomic mass is 14.3. The summed E-state index contributed by atoms with van der Waals surface area (Å²) >= 11 is 0. The van der Waals surface area contributed by atoms with E-state index in [1.54, 1.807) is 0 Å². The van der Waals surface area contributed by atoms with E-state index < -0.39 is 0 Å². The molecule has 0 fully saturated rings. The Kier molecular flexibility index (Phi) is 1.63. The van der Waals surface area contributed by atoms with E-state index in [1.807, 2.05) is 36.4 Å². The molecule has 1 aliphatic rings. The van der Waals surface area contributed by atoms with Gasteiger partial charge in [0.2, 0.25) is 0 Å². The van der Waals surface area contributed by atoms with Crippen LogP contribution >= 0.6 is 0 Å². The van der Waals surface area contributed by atoms with Crippen molar-refractivity contribution < 1.29 is 0 Å². The van der Waals surface area contributed by atoms with Crippen molar-refractivity contribution in [1.29, 1.82) is 5.26 Å². The SMILES string of the molecule is N#CC1c2ccccc2-c2ccccc21. The Morgan fingerprint density at radius 2 is 1.27 bits per heavy atom. The lowest BCUT2D eigenvalue weighted by atomic mass is 9.99. The minimum Gasteiger partial charge on any atom is -0.197 e. The van der Waals surface area contributed by atoms with Gasteiger partial charge in [-0.25, -0.2) is 0 Å². The third-order valence-electron chi connectivity index (χ3n) is 2.96. The van der Waals surface area contributed by atoms with Gasteiger partial charge in [-0.05, 0) is 22.3 Å². The lowest BCUT2D eigenvalue weighted by Gasteiger charge is -2.01. The summed E-state index contributed by atoms with van der Waals surface area (Å²) in [6.45, 7) is 0. The Labute approximate surface area is 88.6 Å². The van der Waals surface area contributed by atoms with Gasteiger partial charge < -0.3 is 0 Å². The van der Waals surface area contributed by atoms with Gasteiger partial charge in [-0.2, -0.15) is 5.26 Å². The summed E-state index contributed by atoms with van der Waals surface area (Å²) in [5, 5.41) is 9.21. The quantitative estimate of drug-likeness (QED) is 0.626. The molecule has 0 radical (unpaired) electrons. The molecular weight excluding hydrogens is 182 g/mol. The molecule has 0 aromatic heterocycles. The van der Waals surface area contributed by atoms with Gasteiger partial charge in [0.05, 0.1) is 12.0 Å². The van der Waals surface area contributed by atoms with Crippen LogP contribution < -0.4 is 0 Å². The molecule has 0 amide bonds. The normalized spacial score (nSPS) is 13.0. The molecule has 0 heterocycles. The summed E-state index contributed by atoms with van der Waals surface area (Å²) in [5.41, 5.74) is 4.70. The van der Waals surface area contributed by atoms with Gasteiger partial charge in [0.1, 0.15) is 0 Å². The van der Waals surface area contributed by atoms with Crippen molar-refractivity contribution in [3.63, 3.8) is 0 Å². The average Bonchev–Trinajstić information content (AvgIpc) is 2.63. The molecule has 2 aromatic carbocycles. The van der Waals surface area contributed by atoms with Crippen LogP contribution in [0, 0.1) is 11.3 Å². The van der Waals surface area contributed by atoms with Crippen molar-refractivity contribution in [2.24, 2.45) is 0 Å². The summed E-state index contributed by atoms with van der Waals surface area (Å²) in [5.74, 6) is -0.0857. The van der Waals surface area contributed by atoms with Gasteiger partial charge in [0.25, 0.3) is 0 Å². The Hall–Kier alpha value is -2.07. The Bertz CT molecular complexity index is 518. The smallest absolute Gasteiger partial charge is 0.0974 e. The van der Waals surface area contributed by atoms with Gasteiger partial charge in [-0.1, -0.05) is 48.5 Å². The number of benzene rings is 2. The van der Waals surface area contributed by atoms with E-state index in [9.17, 15) is 5.26 Å². The molecule has 15 heavy (non-hydrogen) atoms. The average molecular weight is 191 g/mol. The second kappa shape index (κ2) is 2.96. The zero-order valence-corrected chi connectivity index (χ0v) is 8.14. The van der Waals surface area contributed by atoms with Crippen molar-refractivity contribution in [3.05, 3.63) is 59.7 Å². The molecule has 0 N–H and O–H groups in total. The largest absolute Gasteiger partial charge is 0.197 e. The van der Waals surface area contributed by atoms with Crippen LogP contribution in [0.5, 0.6) is 0 Å². The molecule has 0 saturated carbocycles. The van der Waals surface area contributed by atoms with Crippen molar-refractivity contribution in [1.82, 2.24) is 0 Å². The van der Waals surface area contributed by atoms with Crippen LogP contribution in [0.2, 0.25) is 0 Å². The van der Waals surface area contributed by atoms with Crippen LogP contribution in [-0.2, 0) is 0 Å². The van der Waals surface area contributed by atoms with E-state index in [4.69, 9.17) is 0 Å². The molecule has 2 aromatic rings. The fourth-order valence-electron chi connectivity index (χ4n) is 2.29. The van der Waals surface area contributed by atoms with Crippen LogP contribution in [-0.4, -0.2) is 0 Å². The molecule has 3 rings (SSSR count). The topological polar surface area (TPSA) is 23.8 Å². The first-order valence-corrected chi connectivity index (χ1v) is 4.99. The van der Waals surface area contributed by atoms with Crippen LogP contribution in [0.1, 0.15) is 17.0 Å². The second-order valence-corrected chi connectivity index (χ2v) is 3.74. The molecule has 0 spiro atoms. The molecule has 0 atom stereocenters. The lowest BCUT2D eigenvalue weighted by Crippen LogP contribution is -1.90. The Balaban J connectivity index is 2.37. The monoisotopic (exact) mass is 191 g/mol. The van der Waals surface area contributed by atoms with Crippen molar-refractivity contribution >= 4 is 0 Å². The number of hydrogen-bond donors (Lipinski definition) is 0. The van der Waals surface area contributed by atoms with E-state index in [1.165, 1.54) is 11.1 Å². The van der Waals surface area contributed by atoms with Crippen molar-refractivity contribution in [3.8, 4) is 17.2 Å². The van der Waals surface area contributed by atoms with Gasteiger partial charge in [-0.15, -0.1) is 0 Å². The first-order chi connectivity index (χ1) is 7.42. The van der Waals surface area contributed by atoms with Gasteiger partial charge in [0.15, 0.2) is 0 Å². The van der Waals surface area contributed by atoms with E-state index in [0.29, 0.717) is 0 Å². The van der Waals surface area contributed by atoms with Crippen molar-refractivity contribution in [2.45, 2.75) is 5.92 Å². The third-order valence-corrected chi connectivity index (χ3v) is 2.96. The van der Waals surface area contributed by atoms with Gasteiger partial charge in [-0.3, -0.25) is 0 Å². The Morgan fingerprint density at radius 3 is 1.73 bits per heavy atom. The minimum absolute atomic E-state index is 0.0857. The van der Waals surface area contributed by atoms with Crippen LogP contribution in [0.15, 0.2) is 48.5 Å². The molecular formula is C14H9N. The maximum atomic E-state index is 9.21. The van der Waals surface area contributed by atoms with E-state index in [-0.39, 0.29) is 5.92 Å². The standard InChI is InChI=1S/C14H9N/c15-9-14-12-7-3-1-5-10(12)11-6-2-4-8-13(11)14/h1-8,14H. The molecule has 0 aliphatic heterocycles. The maximum absolute atomic E-state index is 9.21. The molecule has 1 nitrogen and oxygen atoms in total. The predicted octanol–water partition coefficient (Wildman–Crippen LogP) is 3.32. The highest BCUT2D eigenvalue weighted by molar-refractivity contribution is 5.79. The maximum Gasteiger partial charge on any atom is 0.0974 e. The van der Waals surface area contributed by atoms with Gasteiger partial charge in [0, 0.05) is 0 Å². The highest BCUT2D eigenvalue weighted by Gasteiger charge is 2.27. The van der Waals surface area contributed by atoms with Crippen LogP contribution in [0.3, 0.4) is 0 Å². The second-order valence-electron chi connectivity index (χ2n) is 3.74. The lowest BCUT2D eigenvalue weighted by molar-refractivity contribution is 1.08. The van der Waals surface area contributed by atoms with E-state index in [2.05, 4.69) is 18.2 Å². The number of fused-ring (bicyclic) bond motifs is 3. The number of hydrogen-bond acceptors (Lipinski definition) is 1. The fraction of sp³-hybridized carbons (Fsp3) is 0.0714. The first kappa shape index (κ1) is 8.26. The van der Waals surface area contributed by atoms with Crippen LogP contribution in [0.4, 0.5) is 0 Å². The molecule has 1 heteroatoms. The molecule has 0 saturated heterocycles. The van der Waals surface area contributed by atoms with E-state index >= 15 is 0 Å². The van der Waals surface area contributed by atoms with Crippen molar-refractivity contribution in [2.75, 3.05) is 0 Å². The molecule has 0 unspecified atom stereocenters. The molecule has 1 aliphatic carbocycles. The Morgan fingerprint density at radius 1 is 0.800 bits per heavy atom. The van der Waals surface area contributed by atoms with Crippen LogP contribution in [0.25, 0.3) is 11.1 Å². The third kappa shape index (κ3) is 1.02. The summed E-state index contributed by atoms with van der Waals surface area (Å²) in [6, 6.07) is 18.7. The number of rotatable bonds is 0. The first-order valence-electron chi connectivity index (χ1n) is 4.99. The highest BCUT2D eigenvalue weighted by Crippen LogP contribution is 2.43. The molecule has 70 valence electrons. The number of nitrogens with zero attached hydrogens (tertiary/aromatic N) is 1. The summed E-state index contributed by atoms with van der Waals surface area (Å²) in [6.07, 6.45) is 0. The zero-order valence-electron chi connectivity index (χ0n) is 8.14. The van der Waals surface area contributed by atoms with E-state index in [0.717, 1.165) is 11.1 Å².